The molecule has 1 aromatic rings. The SMILES string of the molecule is CCOC(C)CC1(CCc2ccc(NCC(=O)CCOCCOCCOCCOCCOCCC(=O)O)cc2)OCCO1. The van der Waals surface area contributed by atoms with E-state index in [1.165, 1.54) is 5.56 Å². The van der Waals surface area contributed by atoms with Gasteiger partial charge in [0.25, 0.3) is 0 Å². The number of aliphatic carboxylic acids is 1. The summed E-state index contributed by atoms with van der Waals surface area (Å²) in [4.78, 5) is 22.6. The second-order valence-electron chi connectivity index (χ2n) is 10.1. The Hall–Kier alpha value is -2.16. The highest BCUT2D eigenvalue weighted by atomic mass is 16.7. The van der Waals surface area contributed by atoms with Gasteiger partial charge in [-0.2, -0.15) is 0 Å². The Kier molecular flexibility index (Phi) is 20.0. The van der Waals surface area contributed by atoms with Crippen molar-refractivity contribution >= 4 is 17.4 Å². The van der Waals surface area contributed by atoms with E-state index in [4.69, 9.17) is 43.0 Å². The van der Waals surface area contributed by atoms with Crippen LogP contribution in [0.5, 0.6) is 0 Å². The summed E-state index contributed by atoms with van der Waals surface area (Å²) in [5.74, 6) is -1.38. The van der Waals surface area contributed by atoms with E-state index in [1.807, 2.05) is 19.1 Å². The van der Waals surface area contributed by atoms with Gasteiger partial charge < -0.3 is 48.3 Å². The number of ketones is 1. The summed E-state index contributed by atoms with van der Waals surface area (Å²) in [7, 11) is 0. The van der Waals surface area contributed by atoms with E-state index >= 15 is 0 Å². The number of rotatable bonds is 28. The molecule has 0 spiro atoms. The van der Waals surface area contributed by atoms with Crippen LogP contribution in [-0.4, -0.2) is 121 Å². The van der Waals surface area contributed by atoms with Crippen LogP contribution in [0, 0.1) is 0 Å². The number of anilines is 1. The van der Waals surface area contributed by atoms with E-state index in [2.05, 4.69) is 24.4 Å². The van der Waals surface area contributed by atoms with E-state index < -0.39 is 11.8 Å². The van der Waals surface area contributed by atoms with Crippen molar-refractivity contribution in [3.8, 4) is 0 Å². The average molecular weight is 614 g/mol. The molecule has 2 rings (SSSR count). The highest BCUT2D eigenvalue weighted by molar-refractivity contribution is 5.82. The minimum absolute atomic E-state index is 0.00873. The first-order valence-corrected chi connectivity index (χ1v) is 15.3. The Labute approximate surface area is 255 Å². The summed E-state index contributed by atoms with van der Waals surface area (Å²) in [6.07, 6.45) is 2.71. The molecule has 1 unspecified atom stereocenters. The number of nitrogens with one attached hydrogen (secondary N) is 1. The number of hydrogen-bond acceptors (Lipinski definition) is 11. The van der Waals surface area contributed by atoms with Crippen molar-refractivity contribution in [2.45, 2.75) is 57.8 Å². The first kappa shape index (κ1) is 37.0. The first-order valence-electron chi connectivity index (χ1n) is 15.3. The molecule has 12 heteroatoms. The molecule has 0 aromatic heterocycles. The molecule has 1 heterocycles. The molecule has 0 radical (unpaired) electrons. The zero-order valence-electron chi connectivity index (χ0n) is 25.9. The molecule has 1 aromatic carbocycles. The van der Waals surface area contributed by atoms with Crippen LogP contribution in [0.3, 0.4) is 0 Å². The highest BCUT2D eigenvalue weighted by Gasteiger charge is 2.37. The van der Waals surface area contributed by atoms with Gasteiger partial charge in [0, 0.05) is 31.6 Å². The van der Waals surface area contributed by atoms with Gasteiger partial charge in [-0.15, -0.1) is 0 Å². The van der Waals surface area contributed by atoms with Crippen LogP contribution < -0.4 is 5.32 Å². The van der Waals surface area contributed by atoms with Crippen LogP contribution in [-0.2, 0) is 53.9 Å². The van der Waals surface area contributed by atoms with Gasteiger partial charge in [-0.05, 0) is 38.0 Å². The number of ether oxygens (including phenoxy) is 8. The predicted octanol–water partition coefficient (Wildman–Crippen LogP) is 3.11. The van der Waals surface area contributed by atoms with Crippen molar-refractivity contribution < 1.29 is 52.6 Å². The van der Waals surface area contributed by atoms with Crippen LogP contribution in [0.2, 0.25) is 0 Å². The van der Waals surface area contributed by atoms with Gasteiger partial charge in [0.15, 0.2) is 11.6 Å². The van der Waals surface area contributed by atoms with E-state index in [0.717, 1.165) is 18.5 Å². The van der Waals surface area contributed by atoms with Crippen LogP contribution in [0.25, 0.3) is 0 Å². The molecule has 246 valence electrons. The molecular weight excluding hydrogens is 562 g/mol. The third-order valence-electron chi connectivity index (χ3n) is 6.57. The van der Waals surface area contributed by atoms with Gasteiger partial charge in [-0.25, -0.2) is 0 Å². The van der Waals surface area contributed by atoms with Crippen molar-refractivity contribution in [2.75, 3.05) is 97.8 Å². The Morgan fingerprint density at radius 1 is 0.837 bits per heavy atom. The molecule has 0 amide bonds. The number of carboxylic acids is 1. The Morgan fingerprint density at radius 3 is 1.86 bits per heavy atom. The third kappa shape index (κ3) is 18.3. The van der Waals surface area contributed by atoms with Crippen molar-refractivity contribution in [1.82, 2.24) is 0 Å². The normalized spacial score (nSPS) is 15.0. The molecule has 1 fully saturated rings. The van der Waals surface area contributed by atoms with Gasteiger partial charge in [-0.1, -0.05) is 12.1 Å². The Balaban J connectivity index is 1.42. The number of Topliss-reactive ketones (excluding diaryl/α,β-unsaturated/α-hetero) is 1. The molecule has 0 aliphatic carbocycles. The van der Waals surface area contributed by atoms with E-state index in [1.54, 1.807) is 0 Å². The highest BCUT2D eigenvalue weighted by Crippen LogP contribution is 2.31. The quantitative estimate of drug-likeness (QED) is 0.134. The molecule has 0 bridgehead atoms. The monoisotopic (exact) mass is 613 g/mol. The minimum atomic E-state index is -0.879. The van der Waals surface area contributed by atoms with Gasteiger partial charge in [0.1, 0.15) is 0 Å². The van der Waals surface area contributed by atoms with Crippen molar-refractivity contribution in [2.24, 2.45) is 0 Å². The Morgan fingerprint density at radius 2 is 1.35 bits per heavy atom. The molecule has 12 nitrogen and oxygen atoms in total. The van der Waals surface area contributed by atoms with Gasteiger partial charge in [-0.3, -0.25) is 9.59 Å². The van der Waals surface area contributed by atoms with Crippen molar-refractivity contribution in [3.63, 3.8) is 0 Å². The zero-order valence-corrected chi connectivity index (χ0v) is 25.9. The predicted molar refractivity (Wildman–Crippen MR) is 160 cm³/mol. The number of aryl methyl sites for hydroxylation is 1. The standard InChI is InChI=1S/C31H51NO11/c1-3-41-26(2)24-31(42-22-23-43-31)11-8-27-4-6-28(7-5-27)32-25-29(33)9-12-36-14-16-38-18-20-40-21-19-39-17-15-37-13-10-30(34)35/h4-7,26,32H,3,8-25H2,1-2H3,(H,34,35). The fraction of sp³-hybridized carbons (Fsp3) is 0.742. The summed E-state index contributed by atoms with van der Waals surface area (Å²) < 4.78 is 44.4. The average Bonchev–Trinajstić information content (AvgIpc) is 3.45. The smallest absolute Gasteiger partial charge is 0.305 e. The molecule has 0 saturated carbocycles. The Bertz CT molecular complexity index is 862. The summed E-state index contributed by atoms with van der Waals surface area (Å²) in [6.45, 7) is 10.1. The van der Waals surface area contributed by atoms with Crippen molar-refractivity contribution in [3.05, 3.63) is 29.8 Å². The number of carbonyl (C=O) groups excluding carboxylic acids is 1. The van der Waals surface area contributed by atoms with E-state index in [0.29, 0.717) is 92.1 Å². The molecule has 1 saturated heterocycles. The van der Waals surface area contributed by atoms with E-state index in [9.17, 15) is 9.59 Å². The lowest BCUT2D eigenvalue weighted by Gasteiger charge is -2.30. The lowest BCUT2D eigenvalue weighted by Crippen LogP contribution is -2.35. The van der Waals surface area contributed by atoms with Crippen LogP contribution in [0.15, 0.2) is 24.3 Å². The number of carbonyl (C=O) groups is 2. The van der Waals surface area contributed by atoms with Gasteiger partial charge in [0.2, 0.25) is 0 Å². The lowest BCUT2D eigenvalue weighted by atomic mass is 9.99. The fourth-order valence-electron chi connectivity index (χ4n) is 4.38. The van der Waals surface area contributed by atoms with Crippen LogP contribution >= 0.6 is 0 Å². The van der Waals surface area contributed by atoms with Crippen LogP contribution in [0.4, 0.5) is 5.69 Å². The zero-order chi connectivity index (χ0) is 31.0. The number of hydrogen-bond donors (Lipinski definition) is 2. The number of benzene rings is 1. The second kappa shape index (κ2) is 23.3. The molecule has 2 N–H and O–H groups in total. The maximum absolute atomic E-state index is 12.2. The maximum atomic E-state index is 12.2. The maximum Gasteiger partial charge on any atom is 0.305 e. The molecule has 1 aliphatic heterocycles. The summed E-state index contributed by atoms with van der Waals surface area (Å²) in [5.41, 5.74) is 2.08. The first-order chi connectivity index (χ1) is 20.9. The summed E-state index contributed by atoms with van der Waals surface area (Å²) in [5, 5.41) is 11.7. The van der Waals surface area contributed by atoms with Gasteiger partial charge >= 0.3 is 5.97 Å². The fourth-order valence-corrected chi connectivity index (χ4v) is 4.38. The van der Waals surface area contributed by atoms with Gasteiger partial charge in [0.05, 0.1) is 98.4 Å². The van der Waals surface area contributed by atoms with Crippen LogP contribution in [0.1, 0.15) is 45.1 Å². The van der Waals surface area contributed by atoms with Crippen molar-refractivity contribution in [1.29, 1.82) is 0 Å². The van der Waals surface area contributed by atoms with E-state index in [-0.39, 0.29) is 31.5 Å². The number of carboxylic acid groups (broad SMARTS) is 1. The molecular formula is C31H51NO11. The molecule has 1 atom stereocenters. The minimum Gasteiger partial charge on any atom is -0.481 e. The molecule has 43 heavy (non-hydrogen) atoms. The second-order valence-corrected chi connectivity index (χ2v) is 10.1. The third-order valence-corrected chi connectivity index (χ3v) is 6.57. The topological polar surface area (TPSA) is 140 Å². The summed E-state index contributed by atoms with van der Waals surface area (Å²) in [6, 6.07) is 8.10. The largest absolute Gasteiger partial charge is 0.481 e. The summed E-state index contributed by atoms with van der Waals surface area (Å²) >= 11 is 0. The lowest BCUT2D eigenvalue weighted by molar-refractivity contribution is -0.183. The molecule has 1 aliphatic rings.